The van der Waals surface area contributed by atoms with Gasteiger partial charge in [0.2, 0.25) is 0 Å². The molecule has 0 saturated carbocycles. The maximum atomic E-state index is 3.45. The van der Waals surface area contributed by atoms with Gasteiger partial charge in [0.25, 0.3) is 0 Å². The number of nitrogens with zero attached hydrogens (tertiary/aromatic N) is 2. The van der Waals surface area contributed by atoms with Crippen LogP contribution in [0, 0.1) is 0 Å². The molecule has 3 fully saturated rings. The Morgan fingerprint density at radius 1 is 0.688 bits per heavy atom. The lowest BCUT2D eigenvalue weighted by Gasteiger charge is -2.50. The van der Waals surface area contributed by atoms with Gasteiger partial charge in [0.1, 0.15) is 0 Å². The van der Waals surface area contributed by atoms with Crippen LogP contribution >= 0.6 is 0 Å². The van der Waals surface area contributed by atoms with E-state index in [1.165, 1.54) is 65.2 Å². The van der Waals surface area contributed by atoms with Crippen LogP contribution in [0.25, 0.3) is 0 Å². The van der Waals surface area contributed by atoms with E-state index >= 15 is 0 Å². The van der Waals surface area contributed by atoms with Crippen molar-refractivity contribution < 1.29 is 0 Å². The first-order valence-electron chi connectivity index (χ1n) is 6.83. The number of rotatable bonds is 2. The first-order valence-corrected chi connectivity index (χ1v) is 6.83. The Balaban J connectivity index is 1.43. The van der Waals surface area contributed by atoms with Crippen molar-refractivity contribution >= 4 is 0 Å². The fourth-order valence-corrected chi connectivity index (χ4v) is 3.24. The molecule has 0 spiro atoms. The largest absolute Gasteiger partial charge is 0.317 e. The molecule has 0 bridgehead atoms. The molecule has 0 aromatic rings. The SMILES string of the molecule is C1CC(N2CC(N3CCNCC3)C2)CCN1. The summed E-state index contributed by atoms with van der Waals surface area (Å²) in [5.74, 6) is 0. The van der Waals surface area contributed by atoms with Crippen LogP contribution in [0.15, 0.2) is 0 Å². The number of likely N-dealkylation sites (tertiary alicyclic amines) is 1. The summed E-state index contributed by atoms with van der Waals surface area (Å²) in [4.78, 5) is 5.38. The predicted molar refractivity (Wildman–Crippen MR) is 65.7 cm³/mol. The van der Waals surface area contributed by atoms with Crippen LogP contribution in [0.5, 0.6) is 0 Å². The van der Waals surface area contributed by atoms with Crippen molar-refractivity contribution in [2.75, 3.05) is 52.4 Å². The van der Waals surface area contributed by atoms with Crippen LogP contribution < -0.4 is 10.6 Å². The van der Waals surface area contributed by atoms with E-state index in [-0.39, 0.29) is 0 Å². The van der Waals surface area contributed by atoms with Crippen molar-refractivity contribution in [3.05, 3.63) is 0 Å². The minimum absolute atomic E-state index is 0.858. The van der Waals surface area contributed by atoms with Gasteiger partial charge < -0.3 is 10.6 Å². The normalized spacial score (nSPS) is 31.5. The molecule has 0 aromatic heterocycles. The zero-order chi connectivity index (χ0) is 10.8. The zero-order valence-corrected chi connectivity index (χ0v) is 10.1. The van der Waals surface area contributed by atoms with E-state index in [1.807, 2.05) is 0 Å². The van der Waals surface area contributed by atoms with Gasteiger partial charge in [-0.25, -0.2) is 0 Å². The van der Waals surface area contributed by atoms with Crippen LogP contribution in [0.3, 0.4) is 0 Å². The second kappa shape index (κ2) is 5.00. The Bertz CT molecular complexity index is 193. The monoisotopic (exact) mass is 224 g/mol. The van der Waals surface area contributed by atoms with Gasteiger partial charge in [-0.05, 0) is 25.9 Å². The minimum Gasteiger partial charge on any atom is -0.317 e. The standard InChI is InChI=1S/C12H24N4/c1-3-13-4-2-11(1)16-9-12(10-16)15-7-5-14-6-8-15/h11-14H,1-10H2. The average Bonchev–Trinajstić information content (AvgIpc) is 2.30. The van der Waals surface area contributed by atoms with Gasteiger partial charge in [-0.1, -0.05) is 0 Å². The Kier molecular flexibility index (Phi) is 3.43. The summed E-state index contributed by atoms with van der Waals surface area (Å²) in [6.45, 7) is 9.97. The summed E-state index contributed by atoms with van der Waals surface area (Å²) in [7, 11) is 0. The molecular formula is C12H24N4. The summed E-state index contributed by atoms with van der Waals surface area (Å²) >= 11 is 0. The van der Waals surface area contributed by atoms with E-state index in [9.17, 15) is 0 Å². The summed E-state index contributed by atoms with van der Waals surface area (Å²) in [6, 6.07) is 1.73. The number of hydrogen-bond donors (Lipinski definition) is 2. The molecule has 0 amide bonds. The molecule has 3 rings (SSSR count). The van der Waals surface area contributed by atoms with Gasteiger partial charge in [-0.3, -0.25) is 9.80 Å². The minimum atomic E-state index is 0.858. The van der Waals surface area contributed by atoms with Crippen LogP contribution in [0.2, 0.25) is 0 Å². The third-order valence-electron chi connectivity index (χ3n) is 4.38. The first kappa shape index (κ1) is 11.0. The second-order valence-electron chi connectivity index (χ2n) is 5.37. The van der Waals surface area contributed by atoms with E-state index in [2.05, 4.69) is 20.4 Å². The number of piperazine rings is 1. The van der Waals surface area contributed by atoms with Gasteiger partial charge in [0, 0.05) is 51.4 Å². The van der Waals surface area contributed by atoms with Gasteiger partial charge in [-0.15, -0.1) is 0 Å². The Morgan fingerprint density at radius 3 is 2.00 bits per heavy atom. The molecule has 16 heavy (non-hydrogen) atoms. The van der Waals surface area contributed by atoms with E-state index < -0.39 is 0 Å². The summed E-state index contributed by atoms with van der Waals surface area (Å²) in [5, 5.41) is 6.88. The number of piperidine rings is 1. The summed E-state index contributed by atoms with van der Waals surface area (Å²) in [5.41, 5.74) is 0. The van der Waals surface area contributed by atoms with Gasteiger partial charge >= 0.3 is 0 Å². The second-order valence-corrected chi connectivity index (χ2v) is 5.37. The highest BCUT2D eigenvalue weighted by Gasteiger charge is 2.36. The lowest BCUT2D eigenvalue weighted by atomic mass is 9.97. The molecule has 0 aromatic carbocycles. The average molecular weight is 224 g/mol. The predicted octanol–water partition coefficient (Wildman–Crippen LogP) is -0.672. The third kappa shape index (κ3) is 2.25. The highest BCUT2D eigenvalue weighted by molar-refractivity contribution is 4.94. The highest BCUT2D eigenvalue weighted by Crippen LogP contribution is 2.22. The molecule has 0 radical (unpaired) electrons. The van der Waals surface area contributed by atoms with Crippen molar-refractivity contribution in [2.24, 2.45) is 0 Å². The molecule has 3 aliphatic rings. The van der Waals surface area contributed by atoms with Crippen molar-refractivity contribution in [3.8, 4) is 0 Å². The number of nitrogens with one attached hydrogen (secondary N) is 2. The lowest BCUT2D eigenvalue weighted by molar-refractivity contribution is -0.00815. The Labute approximate surface area is 98.4 Å². The number of hydrogen-bond acceptors (Lipinski definition) is 4. The quantitative estimate of drug-likeness (QED) is 0.651. The Morgan fingerprint density at radius 2 is 1.31 bits per heavy atom. The molecule has 92 valence electrons. The first-order chi connectivity index (χ1) is 7.93. The van der Waals surface area contributed by atoms with Crippen molar-refractivity contribution in [1.82, 2.24) is 20.4 Å². The van der Waals surface area contributed by atoms with E-state index in [0.29, 0.717) is 0 Å². The van der Waals surface area contributed by atoms with Crippen LogP contribution in [-0.2, 0) is 0 Å². The van der Waals surface area contributed by atoms with Crippen molar-refractivity contribution in [2.45, 2.75) is 24.9 Å². The summed E-state index contributed by atoms with van der Waals surface area (Å²) in [6.07, 6.45) is 2.71. The molecule has 3 aliphatic heterocycles. The molecular weight excluding hydrogens is 200 g/mol. The van der Waals surface area contributed by atoms with Crippen molar-refractivity contribution in [1.29, 1.82) is 0 Å². The van der Waals surface area contributed by atoms with Gasteiger partial charge in [0.05, 0.1) is 0 Å². The van der Waals surface area contributed by atoms with E-state index in [1.54, 1.807) is 0 Å². The lowest BCUT2D eigenvalue weighted by Crippen LogP contribution is -2.65. The van der Waals surface area contributed by atoms with Crippen LogP contribution in [0.4, 0.5) is 0 Å². The van der Waals surface area contributed by atoms with Crippen LogP contribution in [-0.4, -0.2) is 74.2 Å². The third-order valence-corrected chi connectivity index (χ3v) is 4.38. The molecule has 4 nitrogen and oxygen atoms in total. The molecule has 0 unspecified atom stereocenters. The van der Waals surface area contributed by atoms with Gasteiger partial charge in [-0.2, -0.15) is 0 Å². The molecule has 0 atom stereocenters. The fraction of sp³-hybridized carbons (Fsp3) is 1.00. The molecule has 3 heterocycles. The molecule has 0 aliphatic carbocycles. The molecule has 3 saturated heterocycles. The topological polar surface area (TPSA) is 30.5 Å². The smallest absolute Gasteiger partial charge is 0.0351 e. The van der Waals surface area contributed by atoms with E-state index in [0.717, 1.165) is 12.1 Å². The maximum absolute atomic E-state index is 3.45. The van der Waals surface area contributed by atoms with E-state index in [4.69, 9.17) is 0 Å². The maximum Gasteiger partial charge on any atom is 0.0351 e. The van der Waals surface area contributed by atoms with Crippen molar-refractivity contribution in [3.63, 3.8) is 0 Å². The zero-order valence-electron chi connectivity index (χ0n) is 10.1. The fourth-order valence-electron chi connectivity index (χ4n) is 3.24. The summed E-state index contributed by atoms with van der Waals surface area (Å²) < 4.78 is 0. The molecule has 2 N–H and O–H groups in total. The van der Waals surface area contributed by atoms with Crippen LogP contribution in [0.1, 0.15) is 12.8 Å². The van der Waals surface area contributed by atoms with Gasteiger partial charge in [0.15, 0.2) is 0 Å². The Hall–Kier alpha value is -0.160. The highest BCUT2D eigenvalue weighted by atomic mass is 15.3. The molecule has 4 heteroatoms.